The zero-order valence-corrected chi connectivity index (χ0v) is 17.6. The molecule has 3 rings (SSSR count). The van der Waals surface area contributed by atoms with Gasteiger partial charge in [-0.2, -0.15) is 5.10 Å². The molecule has 0 fully saturated rings. The molecule has 2 aromatic carbocycles. The van der Waals surface area contributed by atoms with E-state index in [1.165, 1.54) is 6.92 Å². The van der Waals surface area contributed by atoms with Gasteiger partial charge in [0, 0.05) is 6.54 Å². The van der Waals surface area contributed by atoms with E-state index in [2.05, 4.69) is 15.7 Å². The Bertz CT molecular complexity index is 1080. The van der Waals surface area contributed by atoms with Crippen molar-refractivity contribution in [3.63, 3.8) is 0 Å². The van der Waals surface area contributed by atoms with Crippen molar-refractivity contribution in [3.8, 4) is 5.69 Å². The minimum absolute atomic E-state index is 0.269. The van der Waals surface area contributed by atoms with E-state index in [0.717, 1.165) is 11.3 Å². The maximum Gasteiger partial charge on any atom is 0.342 e. The Hall–Kier alpha value is -3.94. The second kappa shape index (κ2) is 9.71. The number of ether oxygens (including phenoxy) is 1. The van der Waals surface area contributed by atoms with Crippen molar-refractivity contribution in [2.75, 3.05) is 0 Å². The van der Waals surface area contributed by atoms with Crippen LogP contribution in [0.1, 0.15) is 34.2 Å². The Balaban J connectivity index is 1.59. The molecular formula is C23H24N4O4. The van der Waals surface area contributed by atoms with E-state index in [-0.39, 0.29) is 12.1 Å². The van der Waals surface area contributed by atoms with E-state index in [0.29, 0.717) is 11.4 Å². The van der Waals surface area contributed by atoms with Crippen molar-refractivity contribution in [1.82, 2.24) is 20.4 Å². The molecule has 8 nitrogen and oxygen atoms in total. The SMILES string of the molecule is Cc1nn(-c2ccccc2)c(C)c1C(=O)O[C@H](C)C(=O)NC(=O)NCc1ccccc1. The lowest BCUT2D eigenvalue weighted by Crippen LogP contribution is -2.44. The number of aromatic nitrogens is 2. The molecule has 0 spiro atoms. The van der Waals surface area contributed by atoms with Crippen molar-refractivity contribution < 1.29 is 19.1 Å². The van der Waals surface area contributed by atoms with Gasteiger partial charge in [-0.05, 0) is 38.5 Å². The minimum atomic E-state index is -1.16. The van der Waals surface area contributed by atoms with Gasteiger partial charge in [-0.1, -0.05) is 48.5 Å². The number of urea groups is 1. The predicted molar refractivity (Wildman–Crippen MR) is 115 cm³/mol. The molecule has 0 saturated carbocycles. The first-order valence-electron chi connectivity index (χ1n) is 9.82. The molecule has 8 heteroatoms. The highest BCUT2D eigenvalue weighted by molar-refractivity contribution is 5.99. The Labute approximate surface area is 180 Å². The molecule has 1 atom stereocenters. The fraction of sp³-hybridized carbons (Fsp3) is 0.217. The van der Waals surface area contributed by atoms with Gasteiger partial charge in [-0.15, -0.1) is 0 Å². The van der Waals surface area contributed by atoms with Crippen LogP contribution in [0.25, 0.3) is 5.69 Å². The maximum atomic E-state index is 12.7. The van der Waals surface area contributed by atoms with Crippen LogP contribution in [0.3, 0.4) is 0 Å². The number of benzene rings is 2. The number of rotatable bonds is 6. The molecule has 0 bridgehead atoms. The van der Waals surface area contributed by atoms with Gasteiger partial charge < -0.3 is 10.1 Å². The van der Waals surface area contributed by atoms with Gasteiger partial charge in [0.2, 0.25) is 0 Å². The molecule has 31 heavy (non-hydrogen) atoms. The number of hydrogen-bond donors (Lipinski definition) is 2. The third-order valence-corrected chi connectivity index (χ3v) is 4.68. The first-order valence-corrected chi connectivity index (χ1v) is 9.82. The van der Waals surface area contributed by atoms with E-state index in [1.54, 1.807) is 18.5 Å². The molecule has 0 aliphatic carbocycles. The summed E-state index contributed by atoms with van der Waals surface area (Å²) in [5.41, 5.74) is 3.08. The van der Waals surface area contributed by atoms with E-state index < -0.39 is 24.0 Å². The normalized spacial score (nSPS) is 11.5. The molecular weight excluding hydrogens is 396 g/mol. The van der Waals surface area contributed by atoms with Gasteiger partial charge in [0.1, 0.15) is 5.56 Å². The van der Waals surface area contributed by atoms with Crippen LogP contribution in [0, 0.1) is 13.8 Å². The summed E-state index contributed by atoms with van der Waals surface area (Å²) in [7, 11) is 0. The largest absolute Gasteiger partial charge is 0.449 e. The minimum Gasteiger partial charge on any atom is -0.449 e. The van der Waals surface area contributed by atoms with Gasteiger partial charge in [0.15, 0.2) is 6.10 Å². The lowest BCUT2D eigenvalue weighted by Gasteiger charge is -2.13. The zero-order chi connectivity index (χ0) is 22.4. The number of aryl methyl sites for hydroxylation is 1. The lowest BCUT2D eigenvalue weighted by molar-refractivity contribution is -0.127. The summed E-state index contributed by atoms with van der Waals surface area (Å²) in [6.07, 6.45) is -1.16. The van der Waals surface area contributed by atoms with Crippen molar-refractivity contribution in [2.45, 2.75) is 33.4 Å². The summed E-state index contributed by atoms with van der Waals surface area (Å²) in [5.74, 6) is -1.39. The molecule has 1 heterocycles. The highest BCUT2D eigenvalue weighted by Gasteiger charge is 2.25. The highest BCUT2D eigenvalue weighted by atomic mass is 16.5. The summed E-state index contributed by atoms with van der Waals surface area (Å²) in [6.45, 7) is 5.13. The number of carbonyl (C=O) groups is 3. The highest BCUT2D eigenvalue weighted by Crippen LogP contribution is 2.19. The van der Waals surface area contributed by atoms with Crippen molar-refractivity contribution >= 4 is 17.9 Å². The van der Waals surface area contributed by atoms with Crippen LogP contribution in [0.15, 0.2) is 60.7 Å². The quantitative estimate of drug-likeness (QED) is 0.597. The molecule has 3 aromatic rings. The summed E-state index contributed by atoms with van der Waals surface area (Å²) < 4.78 is 6.93. The maximum absolute atomic E-state index is 12.7. The van der Waals surface area contributed by atoms with Gasteiger partial charge in [-0.25, -0.2) is 14.3 Å². The standard InChI is InChI=1S/C23H24N4O4/c1-15-20(16(2)27(26-15)19-12-8-5-9-13-19)22(29)31-17(3)21(28)25-23(30)24-14-18-10-6-4-7-11-18/h4-13,17H,14H2,1-3H3,(H2,24,25,28,30)/t17-/m1/s1. The number of hydrogen-bond acceptors (Lipinski definition) is 5. The van der Waals surface area contributed by atoms with Crippen molar-refractivity contribution in [1.29, 1.82) is 0 Å². The van der Waals surface area contributed by atoms with Gasteiger partial charge in [0.05, 0.1) is 17.1 Å². The number of nitrogens with one attached hydrogen (secondary N) is 2. The summed E-state index contributed by atoms with van der Waals surface area (Å²) >= 11 is 0. The Morgan fingerprint density at radius 1 is 1.00 bits per heavy atom. The van der Waals surface area contributed by atoms with Crippen LogP contribution in [0.4, 0.5) is 4.79 Å². The molecule has 0 aliphatic rings. The van der Waals surface area contributed by atoms with E-state index in [1.807, 2.05) is 60.7 Å². The molecule has 160 valence electrons. The number of imide groups is 1. The van der Waals surface area contributed by atoms with Crippen LogP contribution in [-0.2, 0) is 16.1 Å². The number of para-hydroxylation sites is 1. The molecule has 2 N–H and O–H groups in total. The summed E-state index contributed by atoms with van der Waals surface area (Å²) in [5, 5.41) is 9.17. The Morgan fingerprint density at radius 2 is 1.61 bits per heavy atom. The third kappa shape index (κ3) is 5.36. The first-order chi connectivity index (χ1) is 14.9. The smallest absolute Gasteiger partial charge is 0.342 e. The van der Waals surface area contributed by atoms with Crippen LogP contribution in [-0.4, -0.2) is 33.8 Å². The number of esters is 1. The molecule has 0 aliphatic heterocycles. The number of nitrogens with zero attached hydrogens (tertiary/aromatic N) is 2. The second-order valence-electron chi connectivity index (χ2n) is 7.00. The Kier molecular flexibility index (Phi) is 6.81. The zero-order valence-electron chi connectivity index (χ0n) is 17.6. The molecule has 1 aromatic heterocycles. The van der Waals surface area contributed by atoms with Gasteiger partial charge in [0.25, 0.3) is 5.91 Å². The third-order valence-electron chi connectivity index (χ3n) is 4.68. The fourth-order valence-corrected chi connectivity index (χ4v) is 3.07. The van der Waals surface area contributed by atoms with E-state index in [9.17, 15) is 14.4 Å². The lowest BCUT2D eigenvalue weighted by atomic mass is 10.2. The van der Waals surface area contributed by atoms with Gasteiger partial charge >= 0.3 is 12.0 Å². The van der Waals surface area contributed by atoms with Crippen LogP contribution >= 0.6 is 0 Å². The van der Waals surface area contributed by atoms with Crippen LogP contribution in [0.5, 0.6) is 0 Å². The average molecular weight is 420 g/mol. The van der Waals surface area contributed by atoms with Crippen LogP contribution < -0.4 is 10.6 Å². The average Bonchev–Trinajstić information content (AvgIpc) is 3.07. The van der Waals surface area contributed by atoms with Crippen molar-refractivity contribution in [2.24, 2.45) is 0 Å². The monoisotopic (exact) mass is 420 g/mol. The second-order valence-corrected chi connectivity index (χ2v) is 7.00. The van der Waals surface area contributed by atoms with E-state index >= 15 is 0 Å². The molecule has 0 radical (unpaired) electrons. The Morgan fingerprint density at radius 3 is 2.26 bits per heavy atom. The summed E-state index contributed by atoms with van der Waals surface area (Å²) in [4.78, 5) is 36.9. The van der Waals surface area contributed by atoms with Crippen LogP contribution in [0.2, 0.25) is 0 Å². The number of amides is 3. The summed E-state index contributed by atoms with van der Waals surface area (Å²) in [6, 6.07) is 18.0. The molecule has 0 unspecified atom stereocenters. The van der Waals surface area contributed by atoms with Gasteiger partial charge in [-0.3, -0.25) is 10.1 Å². The fourth-order valence-electron chi connectivity index (χ4n) is 3.07. The molecule has 0 saturated heterocycles. The van der Waals surface area contributed by atoms with E-state index in [4.69, 9.17) is 4.74 Å². The molecule has 3 amide bonds. The first kappa shape index (κ1) is 21.8. The predicted octanol–water partition coefficient (Wildman–Crippen LogP) is 3.06. The topological polar surface area (TPSA) is 102 Å². The van der Waals surface area contributed by atoms with Crippen molar-refractivity contribution in [3.05, 3.63) is 83.2 Å². The number of carbonyl (C=O) groups excluding carboxylic acids is 3.